The van der Waals surface area contributed by atoms with Crippen molar-refractivity contribution in [1.82, 2.24) is 15.1 Å². The van der Waals surface area contributed by atoms with Crippen molar-refractivity contribution in [3.63, 3.8) is 0 Å². The molecule has 1 heterocycles. The fourth-order valence-electron chi connectivity index (χ4n) is 3.80. The van der Waals surface area contributed by atoms with E-state index in [1.807, 2.05) is 12.1 Å². The summed E-state index contributed by atoms with van der Waals surface area (Å²) in [5, 5.41) is 3.19. The molecule has 138 valence electrons. The summed E-state index contributed by atoms with van der Waals surface area (Å²) in [4.78, 5) is 16.9. The zero-order chi connectivity index (χ0) is 17.5. The van der Waals surface area contributed by atoms with Gasteiger partial charge >= 0.3 is 0 Å². The Balaban J connectivity index is 1.33. The maximum atomic E-state index is 12.1. The Morgan fingerprint density at radius 2 is 1.72 bits per heavy atom. The highest BCUT2D eigenvalue weighted by Crippen LogP contribution is 2.17. The van der Waals surface area contributed by atoms with E-state index in [4.69, 9.17) is 4.74 Å². The molecule has 1 saturated carbocycles. The van der Waals surface area contributed by atoms with Gasteiger partial charge in [0.15, 0.2) is 0 Å². The van der Waals surface area contributed by atoms with Crippen molar-refractivity contribution in [2.45, 2.75) is 38.1 Å². The van der Waals surface area contributed by atoms with Gasteiger partial charge in [-0.1, -0.05) is 25.0 Å². The minimum Gasteiger partial charge on any atom is -0.497 e. The van der Waals surface area contributed by atoms with Crippen LogP contribution < -0.4 is 10.1 Å². The lowest BCUT2D eigenvalue weighted by atomic mass is 10.1. The molecule has 1 N–H and O–H groups in total. The Hall–Kier alpha value is -1.59. The van der Waals surface area contributed by atoms with E-state index in [0.717, 1.165) is 57.7 Å². The number of carbonyl (C=O) groups is 1. The highest BCUT2D eigenvalue weighted by molar-refractivity contribution is 5.78. The van der Waals surface area contributed by atoms with Gasteiger partial charge in [-0.3, -0.25) is 9.69 Å². The first-order valence-corrected chi connectivity index (χ1v) is 9.60. The van der Waals surface area contributed by atoms with Crippen molar-refractivity contribution in [3.8, 4) is 5.75 Å². The summed E-state index contributed by atoms with van der Waals surface area (Å²) >= 11 is 0. The molecule has 5 nitrogen and oxygen atoms in total. The number of ether oxygens (including phenoxy) is 1. The molecule has 0 bridgehead atoms. The molecule has 3 rings (SSSR count). The second-order valence-electron chi connectivity index (χ2n) is 7.26. The molecule has 1 saturated heterocycles. The molecular weight excluding hydrogens is 314 g/mol. The maximum Gasteiger partial charge on any atom is 0.234 e. The number of nitrogens with one attached hydrogen (secondary N) is 1. The molecule has 0 spiro atoms. The molecule has 1 aromatic rings. The summed E-state index contributed by atoms with van der Waals surface area (Å²) in [5.74, 6) is 1.12. The first-order valence-electron chi connectivity index (χ1n) is 9.60. The highest BCUT2D eigenvalue weighted by atomic mass is 16.5. The molecule has 5 heteroatoms. The first-order chi connectivity index (χ1) is 12.2. The molecule has 0 radical (unpaired) electrons. The van der Waals surface area contributed by atoms with Crippen LogP contribution in [0.25, 0.3) is 0 Å². The Morgan fingerprint density at radius 3 is 2.36 bits per heavy atom. The molecule has 25 heavy (non-hydrogen) atoms. The van der Waals surface area contributed by atoms with Gasteiger partial charge in [0.2, 0.25) is 5.91 Å². The van der Waals surface area contributed by atoms with Crippen molar-refractivity contribution >= 4 is 5.91 Å². The molecule has 0 aromatic heterocycles. The van der Waals surface area contributed by atoms with Gasteiger partial charge in [-0.25, -0.2) is 0 Å². The molecular formula is C20H31N3O2. The number of piperazine rings is 1. The number of benzene rings is 1. The van der Waals surface area contributed by atoms with Crippen molar-refractivity contribution < 1.29 is 9.53 Å². The number of hydrogen-bond donors (Lipinski definition) is 1. The van der Waals surface area contributed by atoms with E-state index in [2.05, 4.69) is 27.2 Å². The fraction of sp³-hybridized carbons (Fsp3) is 0.650. The average Bonchev–Trinajstić information content (AvgIpc) is 3.14. The summed E-state index contributed by atoms with van der Waals surface area (Å²) in [6, 6.07) is 8.76. The van der Waals surface area contributed by atoms with E-state index in [0.29, 0.717) is 12.6 Å². The zero-order valence-electron chi connectivity index (χ0n) is 15.4. The largest absolute Gasteiger partial charge is 0.497 e. The van der Waals surface area contributed by atoms with Gasteiger partial charge in [0.1, 0.15) is 5.75 Å². The van der Waals surface area contributed by atoms with Crippen molar-refractivity contribution in [2.24, 2.45) is 0 Å². The minimum atomic E-state index is 0.207. The second kappa shape index (κ2) is 9.20. The smallest absolute Gasteiger partial charge is 0.234 e. The van der Waals surface area contributed by atoms with Gasteiger partial charge in [-0.15, -0.1) is 0 Å². The van der Waals surface area contributed by atoms with Crippen LogP contribution in [0.5, 0.6) is 5.75 Å². The van der Waals surface area contributed by atoms with Crippen molar-refractivity contribution in [2.75, 3.05) is 46.4 Å². The van der Waals surface area contributed by atoms with Gasteiger partial charge < -0.3 is 15.0 Å². The third kappa shape index (κ3) is 5.72. The standard InChI is InChI=1S/C20H31N3O2/c1-25-19-8-6-17(7-9-19)10-11-22-12-14-23(15-13-22)16-20(24)21-18-4-2-3-5-18/h6-9,18H,2-5,10-16H2,1H3,(H,21,24). The minimum absolute atomic E-state index is 0.207. The fourth-order valence-corrected chi connectivity index (χ4v) is 3.80. The van der Waals surface area contributed by atoms with E-state index >= 15 is 0 Å². The quantitative estimate of drug-likeness (QED) is 0.820. The zero-order valence-corrected chi connectivity index (χ0v) is 15.4. The van der Waals surface area contributed by atoms with E-state index in [1.165, 1.54) is 18.4 Å². The predicted octanol–water partition coefficient (Wildman–Crippen LogP) is 1.91. The lowest BCUT2D eigenvalue weighted by molar-refractivity contribution is -0.123. The summed E-state index contributed by atoms with van der Waals surface area (Å²) in [7, 11) is 1.70. The van der Waals surface area contributed by atoms with Gasteiger partial charge in [-0.05, 0) is 37.0 Å². The number of rotatable bonds is 7. The topological polar surface area (TPSA) is 44.8 Å². The van der Waals surface area contributed by atoms with E-state index in [-0.39, 0.29) is 5.91 Å². The van der Waals surface area contributed by atoms with Crippen LogP contribution in [-0.2, 0) is 11.2 Å². The third-order valence-corrected chi connectivity index (χ3v) is 5.43. The van der Waals surface area contributed by atoms with Gasteiger partial charge in [-0.2, -0.15) is 0 Å². The normalized spacial score (nSPS) is 19.9. The van der Waals surface area contributed by atoms with Crippen LogP contribution >= 0.6 is 0 Å². The Morgan fingerprint density at radius 1 is 1.08 bits per heavy atom. The number of nitrogens with zero attached hydrogens (tertiary/aromatic N) is 2. The van der Waals surface area contributed by atoms with E-state index < -0.39 is 0 Å². The molecule has 2 fully saturated rings. The van der Waals surface area contributed by atoms with Crippen LogP contribution in [0, 0.1) is 0 Å². The monoisotopic (exact) mass is 345 g/mol. The number of carbonyl (C=O) groups excluding carboxylic acids is 1. The lowest BCUT2D eigenvalue weighted by Gasteiger charge is -2.34. The maximum absolute atomic E-state index is 12.1. The molecule has 2 aliphatic rings. The van der Waals surface area contributed by atoms with Crippen molar-refractivity contribution in [3.05, 3.63) is 29.8 Å². The summed E-state index contributed by atoms with van der Waals surface area (Å²) in [6.07, 6.45) is 5.90. The van der Waals surface area contributed by atoms with Crippen LogP contribution in [0.3, 0.4) is 0 Å². The number of hydrogen-bond acceptors (Lipinski definition) is 4. The number of methoxy groups -OCH3 is 1. The Bertz CT molecular complexity index is 532. The molecule has 0 atom stereocenters. The molecule has 1 aliphatic heterocycles. The van der Waals surface area contributed by atoms with Crippen LogP contribution in [0.15, 0.2) is 24.3 Å². The van der Waals surface area contributed by atoms with E-state index in [1.54, 1.807) is 7.11 Å². The lowest BCUT2D eigenvalue weighted by Crippen LogP contribution is -2.50. The third-order valence-electron chi connectivity index (χ3n) is 5.43. The summed E-state index contributed by atoms with van der Waals surface area (Å²) in [5.41, 5.74) is 1.35. The molecule has 1 aromatic carbocycles. The van der Waals surface area contributed by atoms with Gasteiger partial charge in [0.25, 0.3) is 0 Å². The van der Waals surface area contributed by atoms with Gasteiger partial charge in [0.05, 0.1) is 13.7 Å². The summed E-state index contributed by atoms with van der Waals surface area (Å²) < 4.78 is 5.20. The highest BCUT2D eigenvalue weighted by Gasteiger charge is 2.21. The SMILES string of the molecule is COc1ccc(CCN2CCN(CC(=O)NC3CCCC3)CC2)cc1. The van der Waals surface area contributed by atoms with Crippen LogP contribution in [0.1, 0.15) is 31.2 Å². The predicted molar refractivity (Wildman–Crippen MR) is 100.0 cm³/mol. The molecule has 1 amide bonds. The van der Waals surface area contributed by atoms with Crippen LogP contribution in [-0.4, -0.2) is 68.1 Å². The first kappa shape index (κ1) is 18.2. The molecule has 0 unspecified atom stereocenters. The Kier molecular flexibility index (Phi) is 6.70. The van der Waals surface area contributed by atoms with Gasteiger partial charge in [0, 0.05) is 38.8 Å². The second-order valence-corrected chi connectivity index (χ2v) is 7.26. The van der Waals surface area contributed by atoms with Crippen LogP contribution in [0.4, 0.5) is 0 Å². The average molecular weight is 345 g/mol. The van der Waals surface area contributed by atoms with E-state index in [9.17, 15) is 4.79 Å². The van der Waals surface area contributed by atoms with Crippen LogP contribution in [0.2, 0.25) is 0 Å². The summed E-state index contributed by atoms with van der Waals surface area (Å²) in [6.45, 7) is 5.71. The molecule has 1 aliphatic carbocycles. The van der Waals surface area contributed by atoms with Crippen molar-refractivity contribution in [1.29, 1.82) is 0 Å². The Labute approximate surface area is 151 Å². The number of amides is 1.